The summed E-state index contributed by atoms with van der Waals surface area (Å²) in [6.45, 7) is 7.79. The molecule has 0 unspecified atom stereocenters. The van der Waals surface area contributed by atoms with Crippen LogP contribution in [-0.4, -0.2) is 31.1 Å². The fraction of sp³-hybridized carbons (Fsp3) is 0.421. The fourth-order valence-electron chi connectivity index (χ4n) is 3.19. The molecule has 0 saturated carbocycles. The molecule has 24 heavy (non-hydrogen) atoms. The van der Waals surface area contributed by atoms with Gasteiger partial charge in [-0.15, -0.1) is 11.3 Å². The van der Waals surface area contributed by atoms with E-state index in [0.29, 0.717) is 0 Å². The summed E-state index contributed by atoms with van der Waals surface area (Å²) in [6.07, 6.45) is 1.05. The Hall–Kier alpha value is -1.69. The van der Waals surface area contributed by atoms with Crippen molar-refractivity contribution in [1.29, 1.82) is 0 Å². The Morgan fingerprint density at radius 3 is 2.75 bits per heavy atom. The van der Waals surface area contributed by atoms with Crippen LogP contribution in [0, 0.1) is 13.8 Å². The highest BCUT2D eigenvalue weighted by Crippen LogP contribution is 2.27. The number of aryl methyl sites for hydroxylation is 2. The Morgan fingerprint density at radius 1 is 1.25 bits per heavy atom. The molecule has 3 rings (SSSR count). The van der Waals surface area contributed by atoms with Gasteiger partial charge in [-0.25, -0.2) is 0 Å². The number of methoxy groups -OCH3 is 1. The Bertz CT molecular complexity index is 739. The Morgan fingerprint density at radius 2 is 2.04 bits per heavy atom. The topological polar surface area (TPSA) is 41.6 Å². The van der Waals surface area contributed by atoms with Crippen LogP contribution in [0.4, 0.5) is 5.69 Å². The number of ether oxygens (including phenoxy) is 1. The maximum atomic E-state index is 12.5. The number of carbonyl (C=O) groups excluding carboxylic acids is 1. The quantitative estimate of drug-likeness (QED) is 0.806. The van der Waals surface area contributed by atoms with E-state index in [2.05, 4.69) is 22.3 Å². The van der Waals surface area contributed by atoms with Gasteiger partial charge in [-0.2, -0.15) is 0 Å². The van der Waals surface area contributed by atoms with Crippen molar-refractivity contribution in [3.63, 3.8) is 0 Å². The summed E-state index contributed by atoms with van der Waals surface area (Å²) in [5, 5.41) is 3.04. The molecule has 1 aliphatic heterocycles. The summed E-state index contributed by atoms with van der Waals surface area (Å²) in [7, 11) is 1.74. The first-order valence-electron chi connectivity index (χ1n) is 8.28. The molecule has 1 amide bonds. The van der Waals surface area contributed by atoms with Crippen LogP contribution in [-0.2, 0) is 17.8 Å². The summed E-state index contributed by atoms with van der Waals surface area (Å²) in [5.74, 6) is -0.0215. The molecule has 0 bridgehead atoms. The zero-order chi connectivity index (χ0) is 17.1. The van der Waals surface area contributed by atoms with Gasteiger partial charge in [0.2, 0.25) is 0 Å². The number of rotatable bonds is 6. The molecule has 0 radical (unpaired) electrons. The Labute approximate surface area is 147 Å². The van der Waals surface area contributed by atoms with Gasteiger partial charge in [-0.1, -0.05) is 6.07 Å². The predicted octanol–water partition coefficient (Wildman–Crippen LogP) is 3.97. The van der Waals surface area contributed by atoms with Crippen molar-refractivity contribution in [3.05, 3.63) is 50.7 Å². The Kier molecular flexibility index (Phi) is 5.33. The second-order valence-corrected chi connectivity index (χ2v) is 7.78. The second-order valence-electron chi connectivity index (χ2n) is 6.32. The summed E-state index contributed by atoms with van der Waals surface area (Å²) in [6, 6.07) is 8.20. The third kappa shape index (κ3) is 3.86. The maximum absolute atomic E-state index is 12.5. The SMILES string of the molecule is COCCCN1Cc2ccc(NC(=O)c3cc(C)sc3C)cc2C1. The smallest absolute Gasteiger partial charge is 0.256 e. The molecule has 5 heteroatoms. The van der Waals surface area contributed by atoms with E-state index in [9.17, 15) is 4.79 Å². The molecule has 4 nitrogen and oxygen atoms in total. The van der Waals surface area contributed by atoms with Crippen LogP contribution in [0.15, 0.2) is 24.3 Å². The fourth-order valence-corrected chi connectivity index (χ4v) is 4.11. The number of carbonyl (C=O) groups is 1. The zero-order valence-corrected chi connectivity index (χ0v) is 15.3. The van der Waals surface area contributed by atoms with Gasteiger partial charge in [0.15, 0.2) is 0 Å². The third-order valence-electron chi connectivity index (χ3n) is 4.36. The highest BCUT2D eigenvalue weighted by atomic mass is 32.1. The minimum Gasteiger partial charge on any atom is -0.385 e. The number of benzene rings is 1. The monoisotopic (exact) mass is 344 g/mol. The standard InChI is InChI=1S/C19H24N2O2S/c1-13-9-18(14(2)24-13)19(22)20-17-6-5-15-11-21(7-4-8-23-3)12-16(15)10-17/h5-6,9-10H,4,7-8,11-12H2,1-3H3,(H,20,22). The molecule has 128 valence electrons. The van der Waals surface area contributed by atoms with E-state index in [-0.39, 0.29) is 5.91 Å². The summed E-state index contributed by atoms with van der Waals surface area (Å²) in [5.41, 5.74) is 4.32. The molecule has 2 aromatic rings. The van der Waals surface area contributed by atoms with Crippen molar-refractivity contribution in [2.24, 2.45) is 0 Å². The van der Waals surface area contributed by atoms with Crippen LogP contribution in [0.3, 0.4) is 0 Å². The molecule has 2 heterocycles. The summed E-state index contributed by atoms with van der Waals surface area (Å²) < 4.78 is 5.12. The lowest BCUT2D eigenvalue weighted by Crippen LogP contribution is -2.18. The molecular formula is C19H24N2O2S. The molecule has 0 aliphatic carbocycles. The van der Waals surface area contributed by atoms with Crippen LogP contribution in [0.2, 0.25) is 0 Å². The van der Waals surface area contributed by atoms with E-state index in [1.165, 1.54) is 16.0 Å². The average Bonchev–Trinajstić information content (AvgIpc) is 3.09. The first-order valence-corrected chi connectivity index (χ1v) is 9.10. The lowest BCUT2D eigenvalue weighted by atomic mass is 10.1. The summed E-state index contributed by atoms with van der Waals surface area (Å²) >= 11 is 1.66. The van der Waals surface area contributed by atoms with Crippen LogP contribution in [0.5, 0.6) is 0 Å². The lowest BCUT2D eigenvalue weighted by Gasteiger charge is -2.13. The molecule has 0 fully saturated rings. The molecule has 1 aromatic heterocycles. The number of amides is 1. The predicted molar refractivity (Wildman–Crippen MR) is 98.8 cm³/mol. The molecule has 1 aliphatic rings. The first kappa shape index (κ1) is 17.1. The molecule has 1 N–H and O–H groups in total. The van der Waals surface area contributed by atoms with Crippen molar-refractivity contribution in [3.8, 4) is 0 Å². The van der Waals surface area contributed by atoms with Gasteiger partial charge in [0.05, 0.1) is 5.56 Å². The number of anilines is 1. The van der Waals surface area contributed by atoms with E-state index in [4.69, 9.17) is 4.74 Å². The van der Waals surface area contributed by atoms with Gasteiger partial charge in [0.1, 0.15) is 0 Å². The summed E-state index contributed by atoms with van der Waals surface area (Å²) in [4.78, 5) is 17.1. The van der Waals surface area contributed by atoms with E-state index >= 15 is 0 Å². The van der Waals surface area contributed by atoms with Crippen molar-refractivity contribution in [2.75, 3.05) is 25.6 Å². The van der Waals surface area contributed by atoms with Gasteiger partial charge in [0, 0.05) is 48.8 Å². The minimum absolute atomic E-state index is 0.0215. The molecule has 0 saturated heterocycles. The number of fused-ring (bicyclic) bond motifs is 1. The number of nitrogens with zero attached hydrogens (tertiary/aromatic N) is 1. The number of hydrogen-bond donors (Lipinski definition) is 1. The van der Waals surface area contributed by atoms with Gasteiger partial charge in [-0.05, 0) is 49.6 Å². The highest BCUT2D eigenvalue weighted by molar-refractivity contribution is 7.12. The normalized spacial score (nSPS) is 14.0. The van der Waals surface area contributed by atoms with Crippen LogP contribution < -0.4 is 5.32 Å². The molecular weight excluding hydrogens is 320 g/mol. The van der Waals surface area contributed by atoms with Crippen LogP contribution in [0.1, 0.15) is 37.7 Å². The van der Waals surface area contributed by atoms with Crippen molar-refractivity contribution < 1.29 is 9.53 Å². The van der Waals surface area contributed by atoms with Crippen molar-refractivity contribution in [1.82, 2.24) is 4.90 Å². The zero-order valence-electron chi connectivity index (χ0n) is 14.5. The number of nitrogens with one attached hydrogen (secondary N) is 1. The molecule has 0 atom stereocenters. The number of thiophene rings is 1. The van der Waals surface area contributed by atoms with Gasteiger partial charge in [0.25, 0.3) is 5.91 Å². The van der Waals surface area contributed by atoms with E-state index in [1.807, 2.05) is 26.0 Å². The Balaban J connectivity index is 1.64. The van der Waals surface area contributed by atoms with Crippen LogP contribution in [0.25, 0.3) is 0 Å². The third-order valence-corrected chi connectivity index (χ3v) is 5.33. The van der Waals surface area contributed by atoms with Crippen LogP contribution >= 0.6 is 11.3 Å². The second kappa shape index (κ2) is 7.47. The van der Waals surface area contributed by atoms with E-state index < -0.39 is 0 Å². The van der Waals surface area contributed by atoms with Crippen molar-refractivity contribution in [2.45, 2.75) is 33.4 Å². The lowest BCUT2D eigenvalue weighted by molar-refractivity contribution is 0.102. The molecule has 0 spiro atoms. The number of hydrogen-bond acceptors (Lipinski definition) is 4. The highest BCUT2D eigenvalue weighted by Gasteiger charge is 2.19. The van der Waals surface area contributed by atoms with Gasteiger partial charge in [-0.3, -0.25) is 9.69 Å². The minimum atomic E-state index is -0.0215. The maximum Gasteiger partial charge on any atom is 0.256 e. The first-order chi connectivity index (χ1) is 11.6. The largest absolute Gasteiger partial charge is 0.385 e. The van der Waals surface area contributed by atoms with Gasteiger partial charge < -0.3 is 10.1 Å². The molecule has 1 aromatic carbocycles. The van der Waals surface area contributed by atoms with Crippen molar-refractivity contribution >= 4 is 22.9 Å². The van der Waals surface area contributed by atoms with E-state index in [0.717, 1.165) is 48.8 Å². The van der Waals surface area contributed by atoms with Gasteiger partial charge >= 0.3 is 0 Å². The van der Waals surface area contributed by atoms with E-state index in [1.54, 1.807) is 18.4 Å². The average molecular weight is 344 g/mol.